The summed E-state index contributed by atoms with van der Waals surface area (Å²) in [6, 6.07) is 0.385. The van der Waals surface area contributed by atoms with Gasteiger partial charge in [0.05, 0.1) is 12.4 Å². The Balaban J connectivity index is 0.000000461. The molecule has 1 atom stereocenters. The van der Waals surface area contributed by atoms with Crippen LogP contribution >= 0.6 is 0 Å². The first-order valence-corrected chi connectivity index (χ1v) is 4.31. The molecule has 0 aromatic rings. The monoisotopic (exact) mass is 154 g/mol. The third kappa shape index (κ3) is 3.21. The van der Waals surface area contributed by atoms with Crippen molar-refractivity contribution in [3.63, 3.8) is 0 Å². The highest BCUT2D eigenvalue weighted by Crippen LogP contribution is 2.10. The van der Waals surface area contributed by atoms with E-state index in [2.05, 4.69) is 24.2 Å². The van der Waals surface area contributed by atoms with Crippen molar-refractivity contribution in [2.75, 3.05) is 0 Å². The van der Waals surface area contributed by atoms with Crippen LogP contribution in [0.3, 0.4) is 0 Å². The molecule has 1 heterocycles. The summed E-state index contributed by atoms with van der Waals surface area (Å²) >= 11 is 0. The van der Waals surface area contributed by atoms with Crippen LogP contribution in [-0.4, -0.2) is 12.4 Å². The smallest absolute Gasteiger partial charge is 0.0870 e. The maximum Gasteiger partial charge on any atom is 0.0870 e. The van der Waals surface area contributed by atoms with E-state index in [1.807, 2.05) is 20.0 Å². The first kappa shape index (κ1) is 10.2. The SMILES string of the molecule is CC.CCC1=CNC=NC1C. The Hall–Kier alpha value is -0.790. The lowest BCUT2D eigenvalue weighted by Gasteiger charge is -2.13. The molecule has 2 heteroatoms. The van der Waals surface area contributed by atoms with Gasteiger partial charge in [-0.15, -0.1) is 0 Å². The van der Waals surface area contributed by atoms with Gasteiger partial charge in [0.25, 0.3) is 0 Å². The summed E-state index contributed by atoms with van der Waals surface area (Å²) in [7, 11) is 0. The Kier molecular flexibility index (Phi) is 5.53. The Morgan fingerprint density at radius 2 is 2.18 bits per heavy atom. The standard InChI is InChI=1S/C7H12N2.C2H6/c1-3-7-4-8-5-9-6(7)2;1-2/h4-6H,3H2,1-2H3,(H,8,9);1-2H3. The number of aliphatic imine (C=N–C) groups is 1. The molecule has 1 N–H and O–H groups in total. The molecule has 0 fully saturated rings. The van der Waals surface area contributed by atoms with E-state index in [4.69, 9.17) is 0 Å². The van der Waals surface area contributed by atoms with Gasteiger partial charge in [-0.2, -0.15) is 0 Å². The van der Waals surface area contributed by atoms with Crippen molar-refractivity contribution in [3.05, 3.63) is 11.8 Å². The van der Waals surface area contributed by atoms with Crippen LogP contribution in [-0.2, 0) is 0 Å². The molecule has 1 unspecified atom stereocenters. The fourth-order valence-electron chi connectivity index (χ4n) is 0.913. The summed E-state index contributed by atoms with van der Waals surface area (Å²) in [5.41, 5.74) is 1.37. The van der Waals surface area contributed by atoms with Crippen molar-refractivity contribution in [1.82, 2.24) is 5.32 Å². The maximum absolute atomic E-state index is 4.18. The second kappa shape index (κ2) is 5.96. The van der Waals surface area contributed by atoms with Crippen molar-refractivity contribution in [3.8, 4) is 0 Å². The van der Waals surface area contributed by atoms with Gasteiger partial charge in [0.2, 0.25) is 0 Å². The Morgan fingerprint density at radius 3 is 2.55 bits per heavy atom. The maximum atomic E-state index is 4.18. The topological polar surface area (TPSA) is 24.4 Å². The van der Waals surface area contributed by atoms with Gasteiger partial charge in [-0.05, 0) is 18.9 Å². The third-order valence-electron chi connectivity index (χ3n) is 1.59. The van der Waals surface area contributed by atoms with Crippen molar-refractivity contribution >= 4 is 6.34 Å². The van der Waals surface area contributed by atoms with Crippen LogP contribution in [0.4, 0.5) is 0 Å². The van der Waals surface area contributed by atoms with Crippen molar-refractivity contribution in [1.29, 1.82) is 0 Å². The molecule has 0 spiro atoms. The Labute approximate surface area is 69.4 Å². The van der Waals surface area contributed by atoms with E-state index in [1.165, 1.54) is 5.57 Å². The second-order valence-electron chi connectivity index (χ2n) is 2.19. The lowest BCUT2D eigenvalue weighted by molar-refractivity contribution is 0.789. The van der Waals surface area contributed by atoms with Gasteiger partial charge in [0.15, 0.2) is 0 Å². The summed E-state index contributed by atoms with van der Waals surface area (Å²) < 4.78 is 0. The van der Waals surface area contributed by atoms with Gasteiger partial charge in [-0.3, -0.25) is 4.99 Å². The molecular weight excluding hydrogens is 136 g/mol. The van der Waals surface area contributed by atoms with Crippen LogP contribution in [0.1, 0.15) is 34.1 Å². The van der Waals surface area contributed by atoms with E-state index in [1.54, 1.807) is 6.34 Å². The van der Waals surface area contributed by atoms with Crippen molar-refractivity contribution < 1.29 is 0 Å². The molecule has 64 valence electrons. The molecule has 11 heavy (non-hydrogen) atoms. The highest BCUT2D eigenvalue weighted by Gasteiger charge is 2.05. The number of rotatable bonds is 1. The quantitative estimate of drug-likeness (QED) is 0.616. The van der Waals surface area contributed by atoms with Crippen LogP contribution in [0.25, 0.3) is 0 Å². The summed E-state index contributed by atoms with van der Waals surface area (Å²) in [4.78, 5) is 4.18. The molecule has 0 aliphatic carbocycles. The van der Waals surface area contributed by atoms with E-state index >= 15 is 0 Å². The molecule has 0 saturated heterocycles. The molecule has 0 radical (unpaired) electrons. The van der Waals surface area contributed by atoms with E-state index in [0.29, 0.717) is 6.04 Å². The van der Waals surface area contributed by atoms with Crippen LogP contribution in [0.15, 0.2) is 16.8 Å². The fraction of sp³-hybridized carbons (Fsp3) is 0.667. The van der Waals surface area contributed by atoms with Crippen molar-refractivity contribution in [2.24, 2.45) is 4.99 Å². The molecule has 2 nitrogen and oxygen atoms in total. The highest BCUT2D eigenvalue weighted by molar-refractivity contribution is 5.58. The average molecular weight is 154 g/mol. The largest absolute Gasteiger partial charge is 0.353 e. The lowest BCUT2D eigenvalue weighted by atomic mass is 10.1. The first-order chi connectivity index (χ1) is 5.34. The molecule has 1 aliphatic rings. The zero-order chi connectivity index (χ0) is 8.69. The molecular formula is C9H18N2. The lowest BCUT2D eigenvalue weighted by Crippen LogP contribution is -2.16. The second-order valence-corrected chi connectivity index (χ2v) is 2.19. The van der Waals surface area contributed by atoms with Gasteiger partial charge < -0.3 is 5.32 Å². The number of hydrogen-bond acceptors (Lipinski definition) is 2. The fourth-order valence-corrected chi connectivity index (χ4v) is 0.913. The number of nitrogens with zero attached hydrogens (tertiary/aromatic N) is 1. The Bertz CT molecular complexity index is 148. The van der Waals surface area contributed by atoms with E-state index in [9.17, 15) is 0 Å². The van der Waals surface area contributed by atoms with E-state index < -0.39 is 0 Å². The summed E-state index contributed by atoms with van der Waals surface area (Å²) in [6.45, 7) is 8.25. The van der Waals surface area contributed by atoms with Crippen LogP contribution in [0.5, 0.6) is 0 Å². The molecule has 0 aromatic heterocycles. The highest BCUT2D eigenvalue weighted by atomic mass is 15.0. The molecule has 0 aromatic carbocycles. The normalized spacial score (nSPS) is 21.1. The van der Waals surface area contributed by atoms with Gasteiger partial charge in [0.1, 0.15) is 0 Å². The predicted molar refractivity (Wildman–Crippen MR) is 50.8 cm³/mol. The van der Waals surface area contributed by atoms with Crippen molar-refractivity contribution in [2.45, 2.75) is 40.2 Å². The van der Waals surface area contributed by atoms with Crippen LogP contribution in [0.2, 0.25) is 0 Å². The van der Waals surface area contributed by atoms with Crippen LogP contribution < -0.4 is 5.32 Å². The zero-order valence-corrected chi connectivity index (χ0v) is 7.89. The Morgan fingerprint density at radius 1 is 1.55 bits per heavy atom. The molecule has 0 amide bonds. The zero-order valence-electron chi connectivity index (χ0n) is 7.89. The first-order valence-electron chi connectivity index (χ1n) is 4.31. The average Bonchev–Trinajstić information content (AvgIpc) is 2.09. The minimum Gasteiger partial charge on any atom is -0.353 e. The van der Waals surface area contributed by atoms with E-state index in [-0.39, 0.29) is 0 Å². The molecule has 1 rings (SSSR count). The van der Waals surface area contributed by atoms with E-state index in [0.717, 1.165) is 6.42 Å². The summed E-state index contributed by atoms with van der Waals surface area (Å²) in [5, 5.41) is 2.96. The number of nitrogens with one attached hydrogen (secondary N) is 1. The molecule has 0 bridgehead atoms. The van der Waals surface area contributed by atoms with Gasteiger partial charge >= 0.3 is 0 Å². The predicted octanol–water partition coefficient (Wildman–Crippen LogP) is 2.33. The van der Waals surface area contributed by atoms with Gasteiger partial charge in [-0.25, -0.2) is 0 Å². The van der Waals surface area contributed by atoms with Gasteiger partial charge in [-0.1, -0.05) is 20.8 Å². The third-order valence-corrected chi connectivity index (χ3v) is 1.59. The summed E-state index contributed by atoms with van der Waals surface area (Å²) in [6.07, 6.45) is 4.85. The number of hydrogen-bond donors (Lipinski definition) is 1. The molecule has 0 saturated carbocycles. The van der Waals surface area contributed by atoms with Crippen LogP contribution in [0, 0.1) is 0 Å². The summed E-state index contributed by atoms with van der Waals surface area (Å²) in [5.74, 6) is 0. The molecule has 1 aliphatic heterocycles. The minimum absolute atomic E-state index is 0.385. The minimum atomic E-state index is 0.385. The van der Waals surface area contributed by atoms with Gasteiger partial charge in [0, 0.05) is 6.20 Å².